The number of nitrogens with one attached hydrogen (secondary N) is 1. The fraction of sp³-hybridized carbons (Fsp3) is 0.600. The second-order valence-corrected chi connectivity index (χ2v) is 5.53. The molecular formula is C15H26Cl2N2O. The first kappa shape index (κ1) is 19.4. The van der Waals surface area contributed by atoms with Crippen molar-refractivity contribution >= 4 is 30.5 Å². The lowest BCUT2D eigenvalue weighted by molar-refractivity contribution is 0.272. The summed E-state index contributed by atoms with van der Waals surface area (Å²) >= 11 is 0. The van der Waals surface area contributed by atoms with Gasteiger partial charge in [0.2, 0.25) is 0 Å². The summed E-state index contributed by atoms with van der Waals surface area (Å²) in [5.74, 6) is 2.01. The van der Waals surface area contributed by atoms with E-state index in [1.54, 1.807) is 0 Å². The highest BCUT2D eigenvalue weighted by Crippen LogP contribution is 2.31. The van der Waals surface area contributed by atoms with E-state index in [2.05, 4.69) is 31.3 Å². The largest absolute Gasteiger partial charge is 0.491 e. The van der Waals surface area contributed by atoms with Crippen molar-refractivity contribution in [1.29, 1.82) is 0 Å². The van der Waals surface area contributed by atoms with E-state index in [0.717, 1.165) is 31.1 Å². The zero-order chi connectivity index (χ0) is 13.0. The van der Waals surface area contributed by atoms with Crippen molar-refractivity contribution in [3.8, 4) is 5.75 Å². The fourth-order valence-electron chi connectivity index (χ4n) is 2.34. The molecule has 1 aromatic rings. The van der Waals surface area contributed by atoms with Gasteiger partial charge in [0.15, 0.2) is 0 Å². The Hall–Kier alpha value is -0.640. The number of hydrogen-bond acceptors (Lipinski definition) is 3. The number of nitrogens with two attached hydrogens (primary N) is 1. The van der Waals surface area contributed by atoms with Gasteiger partial charge in [0.1, 0.15) is 5.75 Å². The second kappa shape index (κ2) is 9.32. The van der Waals surface area contributed by atoms with E-state index >= 15 is 0 Å². The Labute approximate surface area is 134 Å². The monoisotopic (exact) mass is 320 g/mol. The van der Waals surface area contributed by atoms with Gasteiger partial charge in [0.05, 0.1) is 12.3 Å². The van der Waals surface area contributed by atoms with Crippen LogP contribution >= 0.6 is 24.8 Å². The van der Waals surface area contributed by atoms with E-state index in [-0.39, 0.29) is 24.8 Å². The highest BCUT2D eigenvalue weighted by molar-refractivity contribution is 5.85. The molecule has 0 atom stereocenters. The Kier molecular flexibility index (Phi) is 9.03. The number of nitrogen functional groups attached to an aromatic ring is 1. The van der Waals surface area contributed by atoms with Crippen molar-refractivity contribution in [1.82, 2.24) is 5.32 Å². The first-order valence-corrected chi connectivity index (χ1v) is 6.89. The minimum absolute atomic E-state index is 0. The Balaban J connectivity index is 0.00000180. The maximum absolute atomic E-state index is 5.97. The second-order valence-electron chi connectivity index (χ2n) is 5.53. The minimum Gasteiger partial charge on any atom is -0.491 e. The van der Waals surface area contributed by atoms with Crippen LogP contribution in [-0.4, -0.2) is 19.7 Å². The molecule has 1 aromatic carbocycles. The molecule has 1 aliphatic rings. The Bertz CT molecular complexity index is 393. The van der Waals surface area contributed by atoms with Crippen molar-refractivity contribution in [3.63, 3.8) is 0 Å². The summed E-state index contributed by atoms with van der Waals surface area (Å²) in [5, 5.41) is 3.39. The Morgan fingerprint density at radius 2 is 1.90 bits per heavy atom. The lowest BCUT2D eigenvalue weighted by Gasteiger charge is -2.23. The first-order valence-electron chi connectivity index (χ1n) is 6.89. The predicted molar refractivity (Wildman–Crippen MR) is 90.5 cm³/mol. The number of hydrogen-bond donors (Lipinski definition) is 2. The summed E-state index contributed by atoms with van der Waals surface area (Å²) in [6.07, 6.45) is 2.40. The molecule has 1 saturated heterocycles. The molecule has 3 nitrogen and oxygen atoms in total. The number of ether oxygens (including phenoxy) is 1. The summed E-state index contributed by atoms with van der Waals surface area (Å²) in [6.45, 7) is 7.23. The standard InChI is InChI=1S/C15H24N2O.2ClH/c1-11(2)10-18-15-9-13(3-4-14(15)16)12-5-7-17-8-6-12;;/h3-4,9,11-12,17H,5-8,10,16H2,1-2H3;2*1H. The molecule has 116 valence electrons. The number of halogens is 2. The highest BCUT2D eigenvalue weighted by atomic mass is 35.5. The van der Waals surface area contributed by atoms with Crippen molar-refractivity contribution in [3.05, 3.63) is 23.8 Å². The third kappa shape index (κ3) is 5.39. The summed E-state index contributed by atoms with van der Waals surface area (Å²) in [5.41, 5.74) is 8.08. The van der Waals surface area contributed by atoms with Gasteiger partial charge in [-0.3, -0.25) is 0 Å². The smallest absolute Gasteiger partial charge is 0.142 e. The number of benzene rings is 1. The quantitative estimate of drug-likeness (QED) is 0.833. The SMILES string of the molecule is CC(C)COc1cc(C2CCNCC2)ccc1N.Cl.Cl. The molecule has 1 aliphatic heterocycles. The van der Waals surface area contributed by atoms with E-state index in [1.165, 1.54) is 18.4 Å². The topological polar surface area (TPSA) is 47.3 Å². The van der Waals surface area contributed by atoms with Gasteiger partial charge < -0.3 is 15.8 Å². The van der Waals surface area contributed by atoms with Gasteiger partial charge in [0, 0.05) is 0 Å². The maximum Gasteiger partial charge on any atom is 0.142 e. The molecule has 0 radical (unpaired) electrons. The van der Waals surface area contributed by atoms with E-state index in [0.29, 0.717) is 11.8 Å². The average Bonchev–Trinajstić information content (AvgIpc) is 2.38. The number of piperidine rings is 1. The van der Waals surface area contributed by atoms with Crippen molar-refractivity contribution in [2.75, 3.05) is 25.4 Å². The van der Waals surface area contributed by atoms with Gasteiger partial charge in [-0.25, -0.2) is 0 Å². The van der Waals surface area contributed by atoms with Crippen molar-refractivity contribution in [2.45, 2.75) is 32.6 Å². The maximum atomic E-state index is 5.97. The Morgan fingerprint density at radius 3 is 2.50 bits per heavy atom. The van der Waals surface area contributed by atoms with Crippen LogP contribution in [-0.2, 0) is 0 Å². The lowest BCUT2D eigenvalue weighted by Crippen LogP contribution is -2.26. The summed E-state index contributed by atoms with van der Waals surface area (Å²) in [7, 11) is 0. The Morgan fingerprint density at radius 1 is 1.25 bits per heavy atom. The number of rotatable bonds is 4. The molecule has 2 rings (SSSR count). The first-order chi connectivity index (χ1) is 8.66. The molecule has 0 unspecified atom stereocenters. The van der Waals surface area contributed by atoms with Crippen molar-refractivity contribution < 1.29 is 4.74 Å². The van der Waals surface area contributed by atoms with Crippen LogP contribution in [0.2, 0.25) is 0 Å². The van der Waals surface area contributed by atoms with Crippen molar-refractivity contribution in [2.24, 2.45) is 5.92 Å². The van der Waals surface area contributed by atoms with Crippen LogP contribution in [0.5, 0.6) is 5.75 Å². The normalized spacial score (nSPS) is 15.3. The average molecular weight is 321 g/mol. The van der Waals surface area contributed by atoms with Crippen LogP contribution in [0.3, 0.4) is 0 Å². The third-order valence-corrected chi connectivity index (χ3v) is 3.42. The summed E-state index contributed by atoms with van der Waals surface area (Å²) in [4.78, 5) is 0. The van der Waals surface area contributed by atoms with E-state index in [9.17, 15) is 0 Å². The van der Waals surface area contributed by atoms with Gasteiger partial charge in [0.25, 0.3) is 0 Å². The lowest BCUT2D eigenvalue weighted by atomic mass is 9.90. The molecule has 0 bridgehead atoms. The summed E-state index contributed by atoms with van der Waals surface area (Å²) in [6, 6.07) is 6.26. The van der Waals surface area contributed by atoms with Gasteiger partial charge in [-0.05, 0) is 55.5 Å². The van der Waals surface area contributed by atoms with Crippen LogP contribution in [0.25, 0.3) is 0 Å². The van der Waals surface area contributed by atoms with Crippen LogP contribution in [0, 0.1) is 5.92 Å². The van der Waals surface area contributed by atoms with Gasteiger partial charge in [-0.2, -0.15) is 0 Å². The molecule has 0 aliphatic carbocycles. The molecule has 0 spiro atoms. The summed E-state index contributed by atoms with van der Waals surface area (Å²) < 4.78 is 5.79. The molecule has 3 N–H and O–H groups in total. The molecule has 5 heteroatoms. The molecule has 20 heavy (non-hydrogen) atoms. The molecule has 0 aromatic heterocycles. The van der Waals surface area contributed by atoms with Crippen LogP contribution in [0.4, 0.5) is 5.69 Å². The predicted octanol–water partition coefficient (Wildman–Crippen LogP) is 3.61. The highest BCUT2D eigenvalue weighted by Gasteiger charge is 2.16. The fourth-order valence-corrected chi connectivity index (χ4v) is 2.34. The minimum atomic E-state index is 0. The van der Waals surface area contributed by atoms with E-state index < -0.39 is 0 Å². The molecule has 0 amide bonds. The van der Waals surface area contributed by atoms with Crippen LogP contribution in [0.15, 0.2) is 18.2 Å². The zero-order valence-corrected chi connectivity index (χ0v) is 13.9. The van der Waals surface area contributed by atoms with Crippen LogP contribution in [0.1, 0.15) is 38.2 Å². The van der Waals surface area contributed by atoms with E-state index in [1.807, 2.05) is 6.07 Å². The molecule has 1 fully saturated rings. The molecule has 0 saturated carbocycles. The molecule has 1 heterocycles. The van der Waals surface area contributed by atoms with Gasteiger partial charge >= 0.3 is 0 Å². The number of anilines is 1. The van der Waals surface area contributed by atoms with E-state index in [4.69, 9.17) is 10.5 Å². The van der Waals surface area contributed by atoms with Gasteiger partial charge in [-0.15, -0.1) is 24.8 Å². The van der Waals surface area contributed by atoms with Crippen LogP contribution < -0.4 is 15.8 Å². The zero-order valence-electron chi connectivity index (χ0n) is 12.2. The third-order valence-electron chi connectivity index (χ3n) is 3.42. The molecular weight excluding hydrogens is 295 g/mol. The van der Waals surface area contributed by atoms with Gasteiger partial charge in [-0.1, -0.05) is 19.9 Å².